The zero-order chi connectivity index (χ0) is 16.6. The SMILES string of the molecule is CCOc1ccc(N(C2=NCCCCCC2)c2ccccc2)cc1.Cl. The Morgan fingerprint density at radius 2 is 1.56 bits per heavy atom. The highest BCUT2D eigenvalue weighted by Crippen LogP contribution is 2.29. The van der Waals surface area contributed by atoms with Gasteiger partial charge in [0.25, 0.3) is 0 Å². The molecule has 0 radical (unpaired) electrons. The fraction of sp³-hybridized carbons (Fsp3) is 0.381. The Morgan fingerprint density at radius 1 is 0.880 bits per heavy atom. The van der Waals surface area contributed by atoms with Crippen LogP contribution >= 0.6 is 12.4 Å². The predicted molar refractivity (Wildman–Crippen MR) is 109 cm³/mol. The zero-order valence-electron chi connectivity index (χ0n) is 14.9. The summed E-state index contributed by atoms with van der Waals surface area (Å²) < 4.78 is 5.58. The standard InChI is InChI=1S/C21H26N2O.ClH/c1-2-24-20-15-13-19(14-16-20)23(18-10-6-5-7-11-18)21-12-8-3-4-9-17-22-21;/h5-7,10-11,13-16H,2-4,8-9,12,17H2,1H3;1H. The highest BCUT2D eigenvalue weighted by molar-refractivity contribution is 6.04. The van der Waals surface area contributed by atoms with Crippen molar-refractivity contribution >= 4 is 29.6 Å². The van der Waals surface area contributed by atoms with Crippen LogP contribution in [0.4, 0.5) is 11.4 Å². The van der Waals surface area contributed by atoms with Crippen LogP contribution in [-0.4, -0.2) is 19.0 Å². The molecule has 0 aromatic heterocycles. The normalized spacial score (nSPS) is 14.5. The number of para-hydroxylation sites is 1. The zero-order valence-corrected chi connectivity index (χ0v) is 15.7. The van der Waals surface area contributed by atoms with Crippen molar-refractivity contribution in [2.75, 3.05) is 18.1 Å². The molecule has 0 saturated carbocycles. The van der Waals surface area contributed by atoms with E-state index in [-0.39, 0.29) is 12.4 Å². The topological polar surface area (TPSA) is 24.8 Å². The van der Waals surface area contributed by atoms with E-state index in [1.165, 1.54) is 37.2 Å². The highest BCUT2D eigenvalue weighted by Gasteiger charge is 2.16. The van der Waals surface area contributed by atoms with Gasteiger partial charge in [-0.1, -0.05) is 31.0 Å². The van der Waals surface area contributed by atoms with Crippen LogP contribution < -0.4 is 9.64 Å². The number of amidine groups is 1. The molecule has 0 saturated heterocycles. The third-order valence-corrected chi connectivity index (χ3v) is 4.28. The van der Waals surface area contributed by atoms with E-state index in [0.717, 1.165) is 24.4 Å². The number of hydrogen-bond donors (Lipinski definition) is 0. The van der Waals surface area contributed by atoms with Crippen LogP contribution in [0.1, 0.15) is 39.0 Å². The van der Waals surface area contributed by atoms with E-state index >= 15 is 0 Å². The summed E-state index contributed by atoms with van der Waals surface area (Å²) in [6, 6.07) is 18.9. The van der Waals surface area contributed by atoms with E-state index in [2.05, 4.69) is 47.4 Å². The minimum Gasteiger partial charge on any atom is -0.494 e. The second kappa shape index (κ2) is 10.1. The lowest BCUT2D eigenvalue weighted by molar-refractivity contribution is 0.340. The van der Waals surface area contributed by atoms with Crippen molar-refractivity contribution in [2.45, 2.75) is 39.0 Å². The summed E-state index contributed by atoms with van der Waals surface area (Å²) in [4.78, 5) is 7.20. The quantitative estimate of drug-likeness (QED) is 0.668. The van der Waals surface area contributed by atoms with Gasteiger partial charge in [-0.3, -0.25) is 9.89 Å². The molecule has 134 valence electrons. The highest BCUT2D eigenvalue weighted by atomic mass is 35.5. The molecule has 0 atom stereocenters. The molecule has 0 amide bonds. The summed E-state index contributed by atoms with van der Waals surface area (Å²) in [5, 5.41) is 0. The van der Waals surface area contributed by atoms with Crippen molar-refractivity contribution in [3.63, 3.8) is 0 Å². The summed E-state index contributed by atoms with van der Waals surface area (Å²) in [7, 11) is 0. The first-order valence-corrected chi connectivity index (χ1v) is 9.00. The number of halogens is 1. The maximum atomic E-state index is 5.58. The van der Waals surface area contributed by atoms with Crippen LogP contribution in [0.15, 0.2) is 59.6 Å². The molecule has 0 spiro atoms. The molecule has 0 aliphatic carbocycles. The Morgan fingerprint density at radius 3 is 2.28 bits per heavy atom. The minimum atomic E-state index is 0. The third-order valence-electron chi connectivity index (χ3n) is 4.28. The molecule has 3 rings (SSSR count). The van der Waals surface area contributed by atoms with Crippen molar-refractivity contribution in [3.8, 4) is 5.75 Å². The molecule has 1 aliphatic rings. The summed E-state index contributed by atoms with van der Waals surface area (Å²) in [6.45, 7) is 3.62. The van der Waals surface area contributed by atoms with Gasteiger partial charge in [-0.05, 0) is 56.2 Å². The molecule has 2 aromatic carbocycles. The minimum absolute atomic E-state index is 0. The molecular weight excluding hydrogens is 332 g/mol. The van der Waals surface area contributed by atoms with Gasteiger partial charge in [0.2, 0.25) is 0 Å². The third kappa shape index (κ3) is 5.23. The maximum absolute atomic E-state index is 5.58. The van der Waals surface area contributed by atoms with Crippen LogP contribution in [0, 0.1) is 0 Å². The second-order valence-corrected chi connectivity index (χ2v) is 6.06. The Balaban J connectivity index is 0.00000225. The molecule has 0 unspecified atom stereocenters. The van der Waals surface area contributed by atoms with Gasteiger partial charge in [0.05, 0.1) is 6.61 Å². The van der Waals surface area contributed by atoms with Gasteiger partial charge in [0, 0.05) is 24.3 Å². The Labute approximate surface area is 157 Å². The lowest BCUT2D eigenvalue weighted by atomic mass is 10.1. The first kappa shape index (κ1) is 19.3. The van der Waals surface area contributed by atoms with Crippen LogP contribution in [0.2, 0.25) is 0 Å². The molecule has 0 bridgehead atoms. The smallest absolute Gasteiger partial charge is 0.119 e. The largest absolute Gasteiger partial charge is 0.494 e. The fourth-order valence-corrected chi connectivity index (χ4v) is 3.10. The fourth-order valence-electron chi connectivity index (χ4n) is 3.10. The summed E-state index contributed by atoms with van der Waals surface area (Å²) in [5.41, 5.74) is 2.31. The van der Waals surface area contributed by atoms with Crippen LogP contribution in [-0.2, 0) is 0 Å². The molecule has 3 nitrogen and oxygen atoms in total. The van der Waals surface area contributed by atoms with Crippen molar-refractivity contribution in [1.82, 2.24) is 0 Å². The first-order valence-electron chi connectivity index (χ1n) is 9.00. The lowest BCUT2D eigenvalue weighted by Crippen LogP contribution is -2.27. The predicted octanol–water partition coefficient (Wildman–Crippen LogP) is 6.01. The van der Waals surface area contributed by atoms with E-state index < -0.39 is 0 Å². The van der Waals surface area contributed by atoms with Crippen molar-refractivity contribution in [3.05, 3.63) is 54.6 Å². The van der Waals surface area contributed by atoms with Gasteiger partial charge in [0.1, 0.15) is 11.6 Å². The Hall–Kier alpha value is -2.00. The Kier molecular flexibility index (Phi) is 7.80. The summed E-state index contributed by atoms with van der Waals surface area (Å²) in [5.74, 6) is 2.08. The van der Waals surface area contributed by atoms with Crippen molar-refractivity contribution in [2.24, 2.45) is 4.99 Å². The van der Waals surface area contributed by atoms with Gasteiger partial charge in [-0.25, -0.2) is 0 Å². The van der Waals surface area contributed by atoms with Crippen LogP contribution in [0.25, 0.3) is 0 Å². The average Bonchev–Trinajstić information content (AvgIpc) is 2.59. The lowest BCUT2D eigenvalue weighted by Gasteiger charge is -2.28. The number of nitrogens with zero attached hydrogens (tertiary/aromatic N) is 2. The summed E-state index contributed by atoms with van der Waals surface area (Å²) >= 11 is 0. The van der Waals surface area contributed by atoms with Crippen molar-refractivity contribution in [1.29, 1.82) is 0 Å². The molecule has 1 aliphatic heterocycles. The van der Waals surface area contributed by atoms with Crippen LogP contribution in [0.3, 0.4) is 0 Å². The van der Waals surface area contributed by atoms with Gasteiger partial charge >= 0.3 is 0 Å². The number of aliphatic imine (C=N–C) groups is 1. The number of rotatable bonds is 4. The second-order valence-electron chi connectivity index (χ2n) is 6.06. The molecule has 0 fully saturated rings. The van der Waals surface area contributed by atoms with Crippen LogP contribution in [0.5, 0.6) is 5.75 Å². The number of anilines is 2. The number of benzene rings is 2. The number of ether oxygens (including phenoxy) is 1. The number of hydrogen-bond acceptors (Lipinski definition) is 3. The first-order chi connectivity index (χ1) is 11.9. The average molecular weight is 359 g/mol. The van der Waals surface area contributed by atoms with Gasteiger partial charge < -0.3 is 4.74 Å². The molecule has 1 heterocycles. The van der Waals surface area contributed by atoms with Gasteiger partial charge in [-0.15, -0.1) is 12.4 Å². The van der Waals surface area contributed by atoms with Gasteiger partial charge in [0.15, 0.2) is 0 Å². The van der Waals surface area contributed by atoms with Crippen molar-refractivity contribution < 1.29 is 4.74 Å². The van der Waals surface area contributed by atoms with Gasteiger partial charge in [-0.2, -0.15) is 0 Å². The molecule has 25 heavy (non-hydrogen) atoms. The van der Waals surface area contributed by atoms with E-state index in [1.54, 1.807) is 0 Å². The van der Waals surface area contributed by atoms with E-state index in [1.807, 2.05) is 19.1 Å². The monoisotopic (exact) mass is 358 g/mol. The Bertz CT molecular complexity index is 655. The molecular formula is C21H27ClN2O. The van der Waals surface area contributed by atoms with E-state index in [4.69, 9.17) is 9.73 Å². The molecule has 2 aromatic rings. The van der Waals surface area contributed by atoms with E-state index in [9.17, 15) is 0 Å². The maximum Gasteiger partial charge on any atom is 0.119 e. The van der Waals surface area contributed by atoms with E-state index in [0.29, 0.717) is 6.61 Å². The molecule has 0 N–H and O–H groups in total. The molecule has 4 heteroatoms. The summed E-state index contributed by atoms with van der Waals surface area (Å²) in [6.07, 6.45) is 6.02.